The summed E-state index contributed by atoms with van der Waals surface area (Å²) >= 11 is 12.1. The number of likely N-dealkylation sites (tertiary alicyclic amines) is 2. The van der Waals surface area contributed by atoms with Crippen molar-refractivity contribution < 1.29 is 28.4 Å². The third kappa shape index (κ3) is 10.9. The molecular formula is C47H59Cl2FN8O5. The van der Waals surface area contributed by atoms with Gasteiger partial charge in [-0.3, -0.25) is 34.2 Å². The second-order valence-corrected chi connectivity index (χ2v) is 18.6. The van der Waals surface area contributed by atoms with Crippen LogP contribution in [0.5, 0.6) is 0 Å². The van der Waals surface area contributed by atoms with Crippen molar-refractivity contribution in [2.45, 2.75) is 87.2 Å². The summed E-state index contributed by atoms with van der Waals surface area (Å²) in [5, 5.41) is 12.5. The fraction of sp³-hybridized carbons (Fsp3) is 0.511. The molecule has 1 aliphatic carbocycles. The van der Waals surface area contributed by atoms with Crippen molar-refractivity contribution in [1.29, 1.82) is 0 Å². The van der Waals surface area contributed by atoms with Crippen LogP contribution in [0.25, 0.3) is 0 Å². The monoisotopic (exact) mass is 904 g/mol. The van der Waals surface area contributed by atoms with Crippen LogP contribution in [0, 0.1) is 11.7 Å². The number of anilines is 3. The van der Waals surface area contributed by atoms with Gasteiger partial charge in [-0.2, -0.15) is 0 Å². The van der Waals surface area contributed by atoms with Crippen LogP contribution in [0.4, 0.5) is 21.5 Å². The summed E-state index contributed by atoms with van der Waals surface area (Å²) in [5.41, 5.74) is 3.63. The van der Waals surface area contributed by atoms with Gasteiger partial charge in [0.05, 0.1) is 28.4 Å². The third-order valence-electron chi connectivity index (χ3n) is 13.8. The van der Waals surface area contributed by atoms with Crippen LogP contribution in [0.2, 0.25) is 10.0 Å². The molecule has 0 aromatic heterocycles. The number of imide groups is 1. The summed E-state index contributed by atoms with van der Waals surface area (Å²) in [6.45, 7) is 6.55. The maximum Gasteiger partial charge on any atom is 0.249 e. The van der Waals surface area contributed by atoms with Crippen LogP contribution >= 0.6 is 23.2 Å². The van der Waals surface area contributed by atoms with Crippen molar-refractivity contribution in [2.75, 3.05) is 75.0 Å². The first-order valence-corrected chi connectivity index (χ1v) is 22.9. The molecule has 63 heavy (non-hydrogen) atoms. The molecule has 4 N–H and O–H groups in total. The van der Waals surface area contributed by atoms with Crippen molar-refractivity contribution in [1.82, 2.24) is 25.8 Å². The Morgan fingerprint density at radius 1 is 0.921 bits per heavy atom. The predicted molar refractivity (Wildman–Crippen MR) is 245 cm³/mol. The first kappa shape index (κ1) is 46.4. The van der Waals surface area contributed by atoms with Crippen molar-refractivity contribution in [3.8, 4) is 0 Å². The quantitative estimate of drug-likeness (QED) is 0.122. The molecule has 13 nitrogen and oxygen atoms in total. The summed E-state index contributed by atoms with van der Waals surface area (Å²) < 4.78 is 14.8. The summed E-state index contributed by atoms with van der Waals surface area (Å²) in [5.74, 6) is -1.28. The maximum atomic E-state index is 14.8. The number of carbonyl (C=O) groups excluding carboxylic acids is 5. The second kappa shape index (κ2) is 20.9. The number of hydrogen-bond donors (Lipinski definition) is 4. The predicted octanol–water partition coefficient (Wildman–Crippen LogP) is 5.91. The van der Waals surface area contributed by atoms with Crippen molar-refractivity contribution in [3.05, 3.63) is 87.7 Å². The molecular weight excluding hydrogens is 846 g/mol. The fourth-order valence-electron chi connectivity index (χ4n) is 10.3. The topological polar surface area (TPSA) is 146 Å². The van der Waals surface area contributed by atoms with Gasteiger partial charge in [0.2, 0.25) is 30.5 Å². The molecule has 3 aromatic rings. The van der Waals surface area contributed by atoms with E-state index in [4.69, 9.17) is 23.2 Å². The smallest absolute Gasteiger partial charge is 0.249 e. The van der Waals surface area contributed by atoms with Gasteiger partial charge in [0.25, 0.3) is 0 Å². The van der Waals surface area contributed by atoms with E-state index in [1.54, 1.807) is 48.3 Å². The molecule has 3 aromatic carbocycles. The summed E-state index contributed by atoms with van der Waals surface area (Å²) in [7, 11) is 3.56. The Balaban J connectivity index is 0.000000193. The Kier molecular flexibility index (Phi) is 15.4. The lowest BCUT2D eigenvalue weighted by atomic mass is 9.69. The van der Waals surface area contributed by atoms with E-state index in [9.17, 15) is 28.4 Å². The second-order valence-electron chi connectivity index (χ2n) is 17.7. The molecule has 1 spiro atoms. The van der Waals surface area contributed by atoms with E-state index < -0.39 is 11.9 Å². The minimum atomic E-state index is -0.448. The molecule has 4 saturated heterocycles. The lowest BCUT2D eigenvalue weighted by Gasteiger charge is -2.41. The molecule has 3 atom stereocenters. The van der Waals surface area contributed by atoms with E-state index >= 15 is 0 Å². The molecule has 4 heterocycles. The summed E-state index contributed by atoms with van der Waals surface area (Å²) in [6.07, 6.45) is 9.59. The number of rotatable bonds is 13. The van der Waals surface area contributed by atoms with Gasteiger partial charge in [-0.25, -0.2) is 4.39 Å². The Morgan fingerprint density at radius 2 is 1.65 bits per heavy atom. The van der Waals surface area contributed by atoms with Crippen molar-refractivity contribution >= 4 is 70.8 Å². The molecule has 3 unspecified atom stereocenters. The van der Waals surface area contributed by atoms with E-state index in [1.807, 2.05) is 24.1 Å². The minimum absolute atomic E-state index is 0.0936. The van der Waals surface area contributed by atoms with Crippen molar-refractivity contribution in [3.63, 3.8) is 0 Å². The third-order valence-corrected chi connectivity index (χ3v) is 14.3. The standard InChI is InChI=1S/C25H36N6O4.C22H23Cl2FN2O/c1-28(17-33)23-13-19(3-4-21(23)29(2)22-5-6-24(34)27-25(22)35)18-7-9-30(10-8-18)11-12-31-14-20(15-31)26-16-32;23-14-6-4-7-15(12-14)27-21(28)19-17(16-8-5-9-18(24)20(16)25)13-26-22(19)10-2-1-3-11-22/h3-4,13,16-18,20,22H,5-12,14-15H2,1-2H3,(H,26,32)(H,27,34,35);4-9,12,17,19,26H,1-3,10-11,13H2,(H,27,28). The Labute approximate surface area is 379 Å². The van der Waals surface area contributed by atoms with Gasteiger partial charge in [-0.1, -0.05) is 66.7 Å². The first-order chi connectivity index (χ1) is 30.4. The average Bonchev–Trinajstić information content (AvgIpc) is 3.62. The van der Waals surface area contributed by atoms with E-state index in [2.05, 4.69) is 43.2 Å². The molecule has 4 aliphatic heterocycles. The van der Waals surface area contributed by atoms with Crippen LogP contribution in [0.3, 0.4) is 0 Å². The van der Waals surface area contributed by atoms with Gasteiger partial charge >= 0.3 is 0 Å². The highest BCUT2D eigenvalue weighted by molar-refractivity contribution is 6.31. The molecule has 5 amide bonds. The van der Waals surface area contributed by atoms with Gasteiger partial charge in [0.15, 0.2) is 0 Å². The highest BCUT2D eigenvalue weighted by Crippen LogP contribution is 2.47. The van der Waals surface area contributed by atoms with Crippen molar-refractivity contribution in [2.24, 2.45) is 5.92 Å². The highest BCUT2D eigenvalue weighted by Gasteiger charge is 2.53. The highest BCUT2D eigenvalue weighted by atomic mass is 35.5. The molecule has 8 rings (SSSR count). The molecule has 0 radical (unpaired) electrons. The molecule has 0 bridgehead atoms. The van der Waals surface area contributed by atoms with Gasteiger partial charge in [0.1, 0.15) is 11.9 Å². The van der Waals surface area contributed by atoms with Crippen LogP contribution in [0.1, 0.15) is 80.8 Å². The Bertz CT molecular complexity index is 2130. The van der Waals surface area contributed by atoms with Crippen LogP contribution < -0.4 is 31.1 Å². The number of amides is 5. The SMILES string of the molecule is CN(C=O)c1cc(C2CCN(CCN3CC(NC=O)C3)CC2)ccc1N(C)C1CCC(=O)NC1=O.O=C(Nc1cccc(Cl)c1)C1C(c2cccc(Cl)c2F)CNC12CCCCC2. The number of hydrogen-bond acceptors (Lipinski definition) is 9. The largest absolute Gasteiger partial charge is 0.361 e. The first-order valence-electron chi connectivity index (χ1n) is 22.2. The van der Waals surface area contributed by atoms with Crippen LogP contribution in [-0.2, 0) is 24.0 Å². The van der Waals surface area contributed by atoms with Gasteiger partial charge in [0, 0.05) is 75.4 Å². The fourth-order valence-corrected chi connectivity index (χ4v) is 10.7. The number of likely N-dealkylation sites (N-methyl/N-ethyl adjacent to an activating group) is 1. The van der Waals surface area contributed by atoms with Gasteiger partial charge in [-0.15, -0.1) is 0 Å². The maximum absolute atomic E-state index is 14.8. The van der Waals surface area contributed by atoms with Crippen LogP contribution in [0.15, 0.2) is 60.7 Å². The van der Waals surface area contributed by atoms with Gasteiger partial charge in [-0.05, 0) is 98.6 Å². The molecule has 5 aliphatic rings. The summed E-state index contributed by atoms with van der Waals surface area (Å²) in [4.78, 5) is 67.8. The lowest BCUT2D eigenvalue weighted by Crippen LogP contribution is -2.58. The number of piperidine rings is 2. The lowest BCUT2D eigenvalue weighted by molar-refractivity contribution is -0.134. The number of halogens is 3. The summed E-state index contributed by atoms with van der Waals surface area (Å²) in [6, 6.07) is 18.2. The Hall–Kier alpha value is -4.60. The van der Waals surface area contributed by atoms with Gasteiger partial charge < -0.3 is 30.7 Å². The number of benzene rings is 3. The van der Waals surface area contributed by atoms with E-state index in [1.165, 1.54) is 12.0 Å². The minimum Gasteiger partial charge on any atom is -0.361 e. The number of nitrogens with one attached hydrogen (secondary N) is 4. The molecule has 338 valence electrons. The Morgan fingerprint density at radius 3 is 2.35 bits per heavy atom. The average molecular weight is 906 g/mol. The normalized spacial score (nSPS) is 22.9. The molecule has 5 fully saturated rings. The number of carbonyl (C=O) groups is 5. The van der Waals surface area contributed by atoms with E-state index in [-0.39, 0.29) is 40.1 Å². The van der Waals surface area contributed by atoms with Crippen LogP contribution in [-0.4, -0.2) is 118 Å². The zero-order valence-corrected chi connectivity index (χ0v) is 37.6. The zero-order valence-electron chi connectivity index (χ0n) is 36.1. The zero-order chi connectivity index (χ0) is 44.7. The van der Waals surface area contributed by atoms with E-state index in [0.717, 1.165) is 102 Å². The molecule has 1 saturated carbocycles. The van der Waals surface area contributed by atoms with E-state index in [0.29, 0.717) is 47.6 Å². The number of nitrogens with zero attached hydrogens (tertiary/aromatic N) is 4. The molecule has 16 heteroatoms.